The number of urea groups is 1. The van der Waals surface area contributed by atoms with Crippen LogP contribution in [0.2, 0.25) is 0 Å². The molecule has 7 nitrogen and oxygen atoms in total. The molecule has 3 rings (SSSR count). The van der Waals surface area contributed by atoms with E-state index < -0.39 is 23.8 Å². The van der Waals surface area contributed by atoms with E-state index in [4.69, 9.17) is 9.47 Å². The first-order valence-electron chi connectivity index (χ1n) is 12.3. The predicted octanol–water partition coefficient (Wildman–Crippen LogP) is 6.30. The van der Waals surface area contributed by atoms with Crippen LogP contribution in [0.1, 0.15) is 29.9 Å². The van der Waals surface area contributed by atoms with Crippen LogP contribution < -0.4 is 14.8 Å². The molecule has 0 spiro atoms. The number of rotatable bonds is 11. The van der Waals surface area contributed by atoms with Crippen LogP contribution in [0.4, 0.5) is 23.7 Å². The molecule has 3 aromatic rings. The summed E-state index contributed by atoms with van der Waals surface area (Å²) >= 11 is 1.51. The van der Waals surface area contributed by atoms with Crippen LogP contribution in [-0.4, -0.2) is 55.1 Å². The van der Waals surface area contributed by atoms with Crippen molar-refractivity contribution in [2.45, 2.75) is 39.0 Å². The van der Waals surface area contributed by atoms with Gasteiger partial charge in [-0.1, -0.05) is 24.3 Å². The largest absolute Gasteiger partial charge is 0.493 e. The number of methoxy groups -OCH3 is 2. The van der Waals surface area contributed by atoms with Gasteiger partial charge in [-0.05, 0) is 61.5 Å². The SMILES string of the molecule is COc1ccc(CCN(Cc2cccs2)C(=O)CN(C(=O)Nc2ccccc2C(F)(F)F)C(C)C)cc1OC. The predicted molar refractivity (Wildman–Crippen MR) is 145 cm³/mol. The first-order chi connectivity index (χ1) is 18.5. The van der Waals surface area contributed by atoms with Crippen molar-refractivity contribution in [3.63, 3.8) is 0 Å². The molecular formula is C28H32F3N3O4S. The Labute approximate surface area is 230 Å². The van der Waals surface area contributed by atoms with Crippen LogP contribution in [0.5, 0.6) is 11.5 Å². The van der Waals surface area contributed by atoms with E-state index in [1.54, 1.807) is 39.0 Å². The van der Waals surface area contributed by atoms with E-state index in [1.807, 2.05) is 29.6 Å². The van der Waals surface area contributed by atoms with Crippen molar-refractivity contribution in [2.75, 3.05) is 32.6 Å². The van der Waals surface area contributed by atoms with Crippen LogP contribution in [0.3, 0.4) is 0 Å². The lowest BCUT2D eigenvalue weighted by molar-refractivity contribution is -0.137. The van der Waals surface area contributed by atoms with Crippen LogP contribution in [0, 0.1) is 0 Å². The van der Waals surface area contributed by atoms with Gasteiger partial charge in [0.25, 0.3) is 0 Å². The number of hydrogen-bond acceptors (Lipinski definition) is 5. The number of halogens is 3. The number of nitrogens with one attached hydrogen (secondary N) is 1. The number of carbonyl (C=O) groups is 2. The molecule has 0 aliphatic rings. The van der Waals surface area contributed by atoms with Gasteiger partial charge in [0.15, 0.2) is 11.5 Å². The monoisotopic (exact) mass is 563 g/mol. The maximum absolute atomic E-state index is 13.5. The smallest absolute Gasteiger partial charge is 0.418 e. The molecule has 0 radical (unpaired) electrons. The molecule has 0 saturated heterocycles. The molecule has 3 amide bonds. The molecule has 0 saturated carbocycles. The second-order valence-corrected chi connectivity index (χ2v) is 10.1. The third-order valence-corrected chi connectivity index (χ3v) is 6.92. The van der Waals surface area contributed by atoms with E-state index in [9.17, 15) is 22.8 Å². The first kappa shape index (κ1) is 29.8. The number of alkyl halides is 3. The first-order valence-corrected chi connectivity index (χ1v) is 13.2. The Hall–Kier alpha value is -3.73. The van der Waals surface area contributed by atoms with E-state index >= 15 is 0 Å². The zero-order valence-corrected chi connectivity index (χ0v) is 23.1. The molecule has 0 fully saturated rings. The number of hydrogen-bond donors (Lipinski definition) is 1. The number of benzene rings is 2. The zero-order valence-electron chi connectivity index (χ0n) is 22.2. The topological polar surface area (TPSA) is 71.1 Å². The van der Waals surface area contributed by atoms with Gasteiger partial charge in [0.1, 0.15) is 6.54 Å². The van der Waals surface area contributed by atoms with Crippen LogP contribution in [-0.2, 0) is 23.9 Å². The van der Waals surface area contributed by atoms with Crippen molar-refractivity contribution < 1.29 is 32.2 Å². The molecule has 0 unspecified atom stereocenters. The summed E-state index contributed by atoms with van der Waals surface area (Å²) in [5.74, 6) is 0.850. The number of ether oxygens (including phenoxy) is 2. The number of amides is 3. The molecule has 210 valence electrons. The normalized spacial score (nSPS) is 11.3. The summed E-state index contributed by atoms with van der Waals surface area (Å²) in [6.45, 7) is 3.81. The van der Waals surface area contributed by atoms with Crippen molar-refractivity contribution in [1.29, 1.82) is 0 Å². The minimum absolute atomic E-state index is 0.297. The van der Waals surface area contributed by atoms with E-state index in [0.29, 0.717) is 31.0 Å². The fraction of sp³-hybridized carbons (Fsp3) is 0.357. The fourth-order valence-electron chi connectivity index (χ4n) is 3.94. The van der Waals surface area contributed by atoms with Crippen LogP contribution in [0.25, 0.3) is 0 Å². The Balaban J connectivity index is 1.77. The Kier molecular flexibility index (Phi) is 10.2. The van der Waals surface area contributed by atoms with Gasteiger partial charge in [0, 0.05) is 17.5 Å². The maximum atomic E-state index is 13.5. The standard InChI is InChI=1S/C28H32F3N3O4S/c1-19(2)34(27(36)32-23-10-6-5-9-22(23)28(29,30)31)18-26(35)33(17-21-8-7-15-39-21)14-13-20-11-12-24(37-3)25(16-20)38-4/h5-12,15-16,19H,13-14,17-18H2,1-4H3,(H,32,36). The second kappa shape index (κ2) is 13.4. The van der Waals surface area contributed by atoms with Crippen molar-refractivity contribution >= 4 is 29.0 Å². The highest BCUT2D eigenvalue weighted by Gasteiger charge is 2.34. The van der Waals surface area contributed by atoms with Crippen LogP contribution in [0.15, 0.2) is 60.0 Å². The highest BCUT2D eigenvalue weighted by molar-refractivity contribution is 7.09. The van der Waals surface area contributed by atoms with Gasteiger partial charge in [0.2, 0.25) is 5.91 Å². The summed E-state index contributed by atoms with van der Waals surface area (Å²) in [6, 6.07) is 12.9. The quantitative estimate of drug-likeness (QED) is 0.297. The zero-order chi connectivity index (χ0) is 28.6. The average Bonchev–Trinajstić information content (AvgIpc) is 3.42. The summed E-state index contributed by atoms with van der Waals surface area (Å²) in [6.07, 6.45) is -4.12. The summed E-state index contributed by atoms with van der Waals surface area (Å²) in [7, 11) is 3.10. The van der Waals surface area contributed by atoms with E-state index in [-0.39, 0.29) is 18.1 Å². The van der Waals surface area contributed by atoms with Gasteiger partial charge >= 0.3 is 12.2 Å². The van der Waals surface area contributed by atoms with E-state index in [1.165, 1.54) is 34.4 Å². The Morgan fingerprint density at radius 2 is 1.72 bits per heavy atom. The molecular weight excluding hydrogens is 531 g/mol. The fourth-order valence-corrected chi connectivity index (χ4v) is 4.66. The molecule has 0 bridgehead atoms. The lowest BCUT2D eigenvalue weighted by Crippen LogP contribution is -2.47. The molecule has 1 N–H and O–H groups in total. The second-order valence-electron chi connectivity index (χ2n) is 9.03. The molecule has 1 aromatic heterocycles. The number of carbonyl (C=O) groups excluding carboxylic acids is 2. The van der Waals surface area contributed by atoms with Crippen molar-refractivity contribution in [1.82, 2.24) is 9.80 Å². The van der Waals surface area contributed by atoms with Crippen molar-refractivity contribution in [3.8, 4) is 11.5 Å². The maximum Gasteiger partial charge on any atom is 0.418 e. The van der Waals surface area contributed by atoms with Gasteiger partial charge in [-0.3, -0.25) is 4.79 Å². The van der Waals surface area contributed by atoms with E-state index in [2.05, 4.69) is 5.32 Å². The Morgan fingerprint density at radius 3 is 2.33 bits per heavy atom. The molecule has 2 aromatic carbocycles. The highest BCUT2D eigenvalue weighted by atomic mass is 32.1. The Morgan fingerprint density at radius 1 is 1.00 bits per heavy atom. The third-order valence-electron chi connectivity index (χ3n) is 6.06. The minimum Gasteiger partial charge on any atom is -0.493 e. The number of para-hydroxylation sites is 1. The van der Waals surface area contributed by atoms with Gasteiger partial charge in [0.05, 0.1) is 32.0 Å². The number of thiophene rings is 1. The number of anilines is 1. The third kappa shape index (κ3) is 8.13. The summed E-state index contributed by atoms with van der Waals surface area (Å²) in [4.78, 5) is 30.4. The van der Waals surface area contributed by atoms with Crippen LogP contribution >= 0.6 is 11.3 Å². The molecule has 1 heterocycles. The molecule has 0 aliphatic carbocycles. The van der Waals surface area contributed by atoms with E-state index in [0.717, 1.165) is 16.5 Å². The minimum atomic E-state index is -4.63. The van der Waals surface area contributed by atoms with Gasteiger partial charge in [-0.25, -0.2) is 4.79 Å². The Bertz CT molecular complexity index is 1250. The van der Waals surface area contributed by atoms with Gasteiger partial charge in [-0.2, -0.15) is 13.2 Å². The molecule has 0 aliphatic heterocycles. The highest BCUT2D eigenvalue weighted by Crippen LogP contribution is 2.34. The van der Waals surface area contributed by atoms with Gasteiger partial charge < -0.3 is 24.6 Å². The van der Waals surface area contributed by atoms with Crippen molar-refractivity contribution in [2.24, 2.45) is 0 Å². The summed E-state index contributed by atoms with van der Waals surface area (Å²) < 4.78 is 51.0. The molecule has 0 atom stereocenters. The van der Waals surface area contributed by atoms with Gasteiger partial charge in [-0.15, -0.1) is 11.3 Å². The summed E-state index contributed by atoms with van der Waals surface area (Å²) in [5.41, 5.74) is -0.390. The molecule has 39 heavy (non-hydrogen) atoms. The summed E-state index contributed by atoms with van der Waals surface area (Å²) in [5, 5.41) is 4.26. The van der Waals surface area contributed by atoms with Crippen molar-refractivity contribution in [3.05, 3.63) is 76.0 Å². The lowest BCUT2D eigenvalue weighted by atomic mass is 10.1. The molecule has 11 heteroatoms. The lowest BCUT2D eigenvalue weighted by Gasteiger charge is -2.30. The number of nitrogens with zero attached hydrogens (tertiary/aromatic N) is 2. The average molecular weight is 564 g/mol.